The van der Waals surface area contributed by atoms with E-state index in [-0.39, 0.29) is 6.04 Å². The van der Waals surface area contributed by atoms with Gasteiger partial charge in [0, 0.05) is 31.4 Å². The number of nitrogens with two attached hydrogens (primary N) is 1. The summed E-state index contributed by atoms with van der Waals surface area (Å²) in [5.74, 6) is 0. The van der Waals surface area contributed by atoms with Gasteiger partial charge in [0.15, 0.2) is 0 Å². The smallest absolute Gasteiger partial charge is 0.325 e. The Morgan fingerprint density at radius 2 is 1.87 bits per heavy atom. The molecule has 10 heteroatoms. The first-order chi connectivity index (χ1) is 14.4. The van der Waals surface area contributed by atoms with Crippen molar-refractivity contribution >= 4 is 0 Å². The van der Waals surface area contributed by atoms with E-state index in [9.17, 15) is 13.2 Å². The fraction of sp³-hybridized carbons (Fsp3) is 0.450. The quantitative estimate of drug-likeness (QED) is 0.665. The lowest BCUT2D eigenvalue weighted by Gasteiger charge is -2.32. The maximum Gasteiger partial charge on any atom is 0.416 e. The molecule has 7 nitrogen and oxygen atoms in total. The van der Waals surface area contributed by atoms with E-state index in [2.05, 4.69) is 20.3 Å². The lowest BCUT2D eigenvalue weighted by atomic mass is 10.1. The first kappa shape index (κ1) is 20.5. The summed E-state index contributed by atoms with van der Waals surface area (Å²) >= 11 is 0. The van der Waals surface area contributed by atoms with Crippen molar-refractivity contribution in [3.8, 4) is 0 Å². The standard InChI is InChI=1S/C20H24F3N7/c21-20(22,23)17-5-3-15(4-6-17)11-29-12-16(9-25-29)10-28-7-1-2-19(14-28)30-13-18(8-24)26-27-30/h3-6,9,12-13,19H,1-2,7-8,10-11,14,24H2. The Morgan fingerprint density at radius 1 is 1.07 bits per heavy atom. The summed E-state index contributed by atoms with van der Waals surface area (Å²) in [7, 11) is 0. The van der Waals surface area contributed by atoms with E-state index in [1.54, 1.807) is 4.68 Å². The molecule has 0 aliphatic carbocycles. The van der Waals surface area contributed by atoms with Gasteiger partial charge in [0.2, 0.25) is 0 Å². The number of hydrogen-bond acceptors (Lipinski definition) is 5. The van der Waals surface area contributed by atoms with Gasteiger partial charge in [-0.15, -0.1) is 5.10 Å². The summed E-state index contributed by atoms with van der Waals surface area (Å²) in [4.78, 5) is 2.36. The topological polar surface area (TPSA) is 77.8 Å². The number of piperidine rings is 1. The lowest BCUT2D eigenvalue weighted by molar-refractivity contribution is -0.137. The van der Waals surface area contributed by atoms with Crippen LogP contribution in [0.4, 0.5) is 13.2 Å². The van der Waals surface area contributed by atoms with Crippen LogP contribution in [0.15, 0.2) is 42.9 Å². The van der Waals surface area contributed by atoms with Crippen LogP contribution in [0.25, 0.3) is 0 Å². The summed E-state index contributed by atoms with van der Waals surface area (Å²) in [6.07, 6.45) is 3.48. The number of hydrogen-bond donors (Lipinski definition) is 1. The summed E-state index contributed by atoms with van der Waals surface area (Å²) in [5.41, 5.74) is 7.62. The predicted molar refractivity (Wildman–Crippen MR) is 104 cm³/mol. The van der Waals surface area contributed by atoms with Crippen molar-refractivity contribution in [2.24, 2.45) is 5.73 Å². The van der Waals surface area contributed by atoms with Crippen LogP contribution in [0.2, 0.25) is 0 Å². The van der Waals surface area contributed by atoms with E-state index < -0.39 is 11.7 Å². The molecule has 1 fully saturated rings. The lowest BCUT2D eigenvalue weighted by Crippen LogP contribution is -2.36. The van der Waals surface area contributed by atoms with Gasteiger partial charge in [0.1, 0.15) is 0 Å². The minimum absolute atomic E-state index is 0.272. The average Bonchev–Trinajstić information content (AvgIpc) is 3.37. The number of likely N-dealkylation sites (tertiary alicyclic amines) is 1. The Morgan fingerprint density at radius 3 is 2.57 bits per heavy atom. The van der Waals surface area contributed by atoms with Crippen molar-refractivity contribution in [3.05, 3.63) is 65.2 Å². The molecule has 1 unspecified atom stereocenters. The Bertz CT molecular complexity index is 961. The minimum Gasteiger partial charge on any atom is -0.325 e. The highest BCUT2D eigenvalue weighted by Gasteiger charge is 2.30. The summed E-state index contributed by atoms with van der Waals surface area (Å²) in [6, 6.07) is 5.47. The highest BCUT2D eigenvalue weighted by atomic mass is 19.4. The molecule has 0 saturated carbocycles. The summed E-state index contributed by atoms with van der Waals surface area (Å²) < 4.78 is 41.7. The maximum absolute atomic E-state index is 12.7. The molecule has 160 valence electrons. The first-order valence-electron chi connectivity index (χ1n) is 9.91. The third kappa shape index (κ3) is 4.88. The van der Waals surface area contributed by atoms with Crippen molar-refractivity contribution in [1.29, 1.82) is 0 Å². The van der Waals surface area contributed by atoms with Crippen LogP contribution in [0, 0.1) is 0 Å². The molecule has 1 aromatic carbocycles. The molecule has 0 radical (unpaired) electrons. The highest BCUT2D eigenvalue weighted by Crippen LogP contribution is 2.29. The van der Waals surface area contributed by atoms with Gasteiger partial charge in [-0.2, -0.15) is 18.3 Å². The Kier molecular flexibility index (Phi) is 5.87. The average molecular weight is 419 g/mol. The number of rotatable bonds is 6. The number of nitrogens with zero attached hydrogens (tertiary/aromatic N) is 6. The molecular weight excluding hydrogens is 395 g/mol. The van der Waals surface area contributed by atoms with Gasteiger partial charge in [-0.25, -0.2) is 4.68 Å². The van der Waals surface area contributed by atoms with Gasteiger partial charge >= 0.3 is 6.18 Å². The number of aromatic nitrogens is 5. The van der Waals surface area contributed by atoms with Crippen LogP contribution in [0.1, 0.15) is 41.3 Å². The normalized spacial score (nSPS) is 18.1. The molecule has 3 heterocycles. The number of alkyl halides is 3. The molecule has 1 atom stereocenters. The largest absolute Gasteiger partial charge is 0.416 e. The van der Waals surface area contributed by atoms with Crippen molar-refractivity contribution in [2.75, 3.05) is 13.1 Å². The molecule has 1 aliphatic heterocycles. The minimum atomic E-state index is -4.32. The Labute approximate surface area is 172 Å². The maximum atomic E-state index is 12.7. The van der Waals surface area contributed by atoms with E-state index in [1.807, 2.05) is 23.3 Å². The molecular formula is C20H24F3N7. The monoisotopic (exact) mass is 419 g/mol. The Balaban J connectivity index is 1.35. The van der Waals surface area contributed by atoms with Crippen molar-refractivity contribution < 1.29 is 13.2 Å². The van der Waals surface area contributed by atoms with Gasteiger partial charge in [0.25, 0.3) is 0 Å². The highest BCUT2D eigenvalue weighted by molar-refractivity contribution is 5.24. The van der Waals surface area contributed by atoms with Gasteiger partial charge in [-0.05, 0) is 37.1 Å². The zero-order valence-electron chi connectivity index (χ0n) is 16.5. The molecule has 30 heavy (non-hydrogen) atoms. The molecule has 1 saturated heterocycles. The third-order valence-electron chi connectivity index (χ3n) is 5.34. The van der Waals surface area contributed by atoms with Crippen molar-refractivity contribution in [2.45, 2.75) is 44.7 Å². The van der Waals surface area contributed by atoms with Crippen LogP contribution < -0.4 is 5.73 Å². The summed E-state index contributed by atoms with van der Waals surface area (Å²) in [5, 5.41) is 12.6. The second kappa shape index (κ2) is 8.57. The van der Waals surface area contributed by atoms with Crippen LogP contribution >= 0.6 is 0 Å². The van der Waals surface area contributed by atoms with Gasteiger partial charge in [-0.1, -0.05) is 17.3 Å². The van der Waals surface area contributed by atoms with Crippen LogP contribution in [0.3, 0.4) is 0 Å². The molecule has 2 N–H and O–H groups in total. The van der Waals surface area contributed by atoms with Crippen LogP contribution in [-0.4, -0.2) is 42.8 Å². The Hall–Kier alpha value is -2.72. The van der Waals surface area contributed by atoms with E-state index in [0.717, 1.165) is 61.4 Å². The second-order valence-electron chi connectivity index (χ2n) is 7.67. The predicted octanol–water partition coefficient (Wildman–Crippen LogP) is 2.84. The van der Waals surface area contributed by atoms with Crippen molar-refractivity contribution in [3.63, 3.8) is 0 Å². The van der Waals surface area contributed by atoms with E-state index >= 15 is 0 Å². The van der Waals surface area contributed by atoms with Gasteiger partial charge < -0.3 is 5.73 Å². The van der Waals surface area contributed by atoms with Crippen molar-refractivity contribution in [1.82, 2.24) is 29.7 Å². The van der Waals surface area contributed by atoms with E-state index in [0.29, 0.717) is 13.1 Å². The first-order valence-corrected chi connectivity index (χ1v) is 9.91. The van der Waals surface area contributed by atoms with E-state index in [1.165, 1.54) is 12.1 Å². The van der Waals surface area contributed by atoms with Gasteiger partial charge in [0.05, 0.1) is 36.2 Å². The molecule has 1 aliphatic rings. The molecule has 0 amide bonds. The molecule has 4 rings (SSSR count). The molecule has 2 aromatic heterocycles. The third-order valence-corrected chi connectivity index (χ3v) is 5.34. The number of halogens is 3. The fourth-order valence-corrected chi connectivity index (χ4v) is 3.79. The van der Waals surface area contributed by atoms with Crippen LogP contribution in [0.5, 0.6) is 0 Å². The molecule has 0 spiro atoms. The fourth-order valence-electron chi connectivity index (χ4n) is 3.79. The van der Waals surface area contributed by atoms with E-state index in [4.69, 9.17) is 5.73 Å². The summed E-state index contributed by atoms with van der Waals surface area (Å²) in [6.45, 7) is 3.45. The zero-order valence-corrected chi connectivity index (χ0v) is 16.5. The SMILES string of the molecule is NCc1cn(C2CCCN(Cc3cnn(Cc4ccc(C(F)(F)F)cc4)c3)C2)nn1. The molecule has 3 aromatic rings. The number of benzene rings is 1. The zero-order chi connectivity index (χ0) is 21.1. The molecule has 0 bridgehead atoms. The van der Waals surface area contributed by atoms with Gasteiger partial charge in [-0.3, -0.25) is 9.58 Å². The van der Waals surface area contributed by atoms with Crippen LogP contribution in [-0.2, 0) is 25.8 Å². The second-order valence-corrected chi connectivity index (χ2v) is 7.67.